The van der Waals surface area contributed by atoms with Gasteiger partial charge in [-0.05, 0) is 76.6 Å². The van der Waals surface area contributed by atoms with Gasteiger partial charge in [0, 0.05) is 12.6 Å². The van der Waals surface area contributed by atoms with Gasteiger partial charge in [0.2, 0.25) is 0 Å². The van der Waals surface area contributed by atoms with E-state index in [2.05, 4.69) is 28.1 Å². The Bertz CT molecular complexity index is 1680. The van der Waals surface area contributed by atoms with Gasteiger partial charge in [-0.15, -0.1) is 0 Å². The molecule has 1 aromatic heterocycles. The molecule has 296 valence electrons. The molecule has 5 rings (SSSR count). The zero-order chi connectivity index (χ0) is 39.0. The lowest BCUT2D eigenvalue weighted by Crippen LogP contribution is -2.38. The molecule has 1 aromatic carbocycles. The van der Waals surface area contributed by atoms with Crippen molar-refractivity contribution in [3.05, 3.63) is 35.5 Å². The molecule has 2 saturated carbocycles. The smallest absolute Gasteiger partial charge is 0.422 e. The minimum atomic E-state index is -5.23. The maximum absolute atomic E-state index is 13.8. The molecule has 0 unspecified atom stereocenters. The highest BCUT2D eigenvalue weighted by Crippen LogP contribution is 2.42. The first kappa shape index (κ1) is 42.2. The summed E-state index contributed by atoms with van der Waals surface area (Å²) >= 11 is 0. The van der Waals surface area contributed by atoms with Gasteiger partial charge in [-0.3, -0.25) is 5.32 Å². The molecule has 0 bridgehead atoms. The number of rotatable bonds is 17. The summed E-state index contributed by atoms with van der Waals surface area (Å²) < 4.78 is 111. The lowest BCUT2D eigenvalue weighted by atomic mass is 9.93. The molecule has 2 N–H and O–H groups in total. The highest BCUT2D eigenvalue weighted by Gasteiger charge is 2.48. The van der Waals surface area contributed by atoms with E-state index in [9.17, 15) is 44.7 Å². The molecule has 2 aliphatic carbocycles. The fourth-order valence-electron chi connectivity index (χ4n) is 6.58. The monoisotopic (exact) mass is 777 g/mol. The minimum absolute atomic E-state index is 0.00915. The SMILES string of the molecule is CCCCCCCCCCNC1(C#N)CC1.Cc1cc(N2C[C@H](S(=O)(=O)c3ccc(OCC(F)(F)F)cc3C(F)(F)F)C[C@@H]2C(=O)O)n(C2CCC2)n1. The van der Waals surface area contributed by atoms with Crippen molar-refractivity contribution < 1.29 is 49.4 Å². The number of anilines is 1. The second-order valence-electron chi connectivity index (χ2n) is 14.2. The first-order chi connectivity index (χ1) is 24.9. The van der Waals surface area contributed by atoms with Gasteiger partial charge < -0.3 is 14.7 Å². The third-order valence-electron chi connectivity index (χ3n) is 9.96. The van der Waals surface area contributed by atoms with Crippen molar-refractivity contribution in [3.8, 4) is 11.8 Å². The number of carbonyl (C=O) groups is 1. The number of carboxylic acids is 1. The number of aryl methyl sites for hydroxylation is 1. The minimum Gasteiger partial charge on any atom is -0.484 e. The Labute approximate surface area is 306 Å². The van der Waals surface area contributed by atoms with E-state index in [0.717, 1.165) is 38.6 Å². The zero-order valence-electron chi connectivity index (χ0n) is 30.1. The summed E-state index contributed by atoms with van der Waals surface area (Å²) in [6, 6.07) is 4.11. The number of alkyl halides is 6. The van der Waals surface area contributed by atoms with Crippen molar-refractivity contribution in [2.75, 3.05) is 24.6 Å². The number of carboxylic acid groups (broad SMARTS) is 1. The van der Waals surface area contributed by atoms with E-state index < -0.39 is 75.2 Å². The van der Waals surface area contributed by atoms with E-state index >= 15 is 0 Å². The number of nitrogens with one attached hydrogen (secondary N) is 1. The summed E-state index contributed by atoms with van der Waals surface area (Å²) in [4.78, 5) is 12.2. The van der Waals surface area contributed by atoms with Crippen LogP contribution in [-0.4, -0.2) is 72.0 Å². The Balaban J connectivity index is 0.000000328. The van der Waals surface area contributed by atoms with E-state index in [1.54, 1.807) is 17.7 Å². The summed E-state index contributed by atoms with van der Waals surface area (Å²) in [6.07, 6.45) is 4.99. The number of aliphatic carboxylic acids is 1. The van der Waals surface area contributed by atoms with Gasteiger partial charge >= 0.3 is 18.3 Å². The number of hydrogen-bond acceptors (Lipinski definition) is 8. The molecule has 3 aliphatic rings. The highest BCUT2D eigenvalue weighted by molar-refractivity contribution is 7.92. The van der Waals surface area contributed by atoms with E-state index in [-0.39, 0.29) is 17.6 Å². The maximum atomic E-state index is 13.8. The van der Waals surface area contributed by atoms with Crippen molar-refractivity contribution in [2.45, 2.75) is 144 Å². The van der Waals surface area contributed by atoms with Gasteiger partial charge in [0.25, 0.3) is 0 Å². The molecular formula is C36H49F6N5O5S. The molecule has 10 nitrogen and oxygen atoms in total. The molecule has 1 saturated heterocycles. The normalized spacial score (nSPS) is 19.9. The number of hydrogen-bond donors (Lipinski definition) is 2. The summed E-state index contributed by atoms with van der Waals surface area (Å²) in [5, 5.41) is 24.9. The first-order valence-electron chi connectivity index (χ1n) is 18.3. The molecule has 2 aromatic rings. The number of unbranched alkanes of at least 4 members (excludes halogenated alkanes) is 7. The summed E-state index contributed by atoms with van der Waals surface area (Å²) in [5.74, 6) is -1.78. The van der Waals surface area contributed by atoms with E-state index in [0.29, 0.717) is 23.6 Å². The molecule has 0 amide bonds. The second-order valence-corrected chi connectivity index (χ2v) is 16.4. The number of nitrogens with zero attached hydrogens (tertiary/aromatic N) is 4. The topological polar surface area (TPSA) is 138 Å². The molecule has 3 fully saturated rings. The molecule has 2 heterocycles. The van der Waals surface area contributed by atoms with Crippen LogP contribution in [0, 0.1) is 18.3 Å². The molecule has 1 aliphatic heterocycles. The first-order valence-corrected chi connectivity index (χ1v) is 19.8. The maximum Gasteiger partial charge on any atom is 0.422 e. The largest absolute Gasteiger partial charge is 0.484 e. The van der Waals surface area contributed by atoms with Gasteiger partial charge in [0.1, 0.15) is 23.1 Å². The number of aromatic nitrogens is 2. The van der Waals surface area contributed by atoms with Crippen LogP contribution < -0.4 is 15.0 Å². The molecule has 2 atom stereocenters. The quantitative estimate of drug-likeness (QED) is 0.120. The van der Waals surface area contributed by atoms with Crippen molar-refractivity contribution in [2.24, 2.45) is 0 Å². The Kier molecular flexibility index (Phi) is 14.1. The number of nitriles is 1. The Morgan fingerprint density at radius 3 is 2.23 bits per heavy atom. The standard InChI is InChI=1S/C22H23F6N3O5S.C14H26N2/c1-12-7-19(31(29-12)13-3-2-4-13)30-10-15(9-17(30)20(32)33)37(34,35)18-6-5-14(36-11-21(23,24)25)8-16(18)22(26,27)28;1-2-3-4-5-6-7-8-9-12-16-14(13-15)10-11-14/h5-8,13,15,17H,2-4,9-11H2,1H3,(H,32,33);16H,2-12H2,1H3/t15-,17-;/m1./s1. The molecular weight excluding hydrogens is 728 g/mol. The molecule has 17 heteroatoms. The highest BCUT2D eigenvalue weighted by atomic mass is 32.2. The van der Waals surface area contributed by atoms with Crippen LogP contribution in [0.2, 0.25) is 0 Å². The van der Waals surface area contributed by atoms with Gasteiger partial charge in [-0.25, -0.2) is 17.9 Å². The Morgan fingerprint density at radius 1 is 1.06 bits per heavy atom. The van der Waals surface area contributed by atoms with E-state index in [4.69, 9.17) is 5.26 Å². The average molecular weight is 778 g/mol. The average Bonchev–Trinajstić information content (AvgIpc) is 3.52. The predicted molar refractivity (Wildman–Crippen MR) is 185 cm³/mol. The number of sulfone groups is 1. The van der Waals surface area contributed by atoms with Crippen LogP contribution in [0.3, 0.4) is 0 Å². The van der Waals surface area contributed by atoms with Gasteiger partial charge in [0.05, 0.1) is 33.5 Å². The molecule has 0 radical (unpaired) electrons. The van der Waals surface area contributed by atoms with Crippen molar-refractivity contribution >= 4 is 21.6 Å². The van der Waals surface area contributed by atoms with Crippen LogP contribution in [0.15, 0.2) is 29.2 Å². The second kappa shape index (κ2) is 17.7. The fraction of sp³-hybridized carbons (Fsp3) is 0.694. The summed E-state index contributed by atoms with van der Waals surface area (Å²) in [5.41, 5.74) is -1.22. The van der Waals surface area contributed by atoms with Crippen molar-refractivity contribution in [1.82, 2.24) is 15.1 Å². The Morgan fingerprint density at radius 2 is 1.70 bits per heavy atom. The van der Waals surface area contributed by atoms with Gasteiger partial charge in [-0.1, -0.05) is 51.9 Å². The van der Waals surface area contributed by atoms with Crippen LogP contribution >= 0.6 is 0 Å². The number of halogens is 6. The van der Waals surface area contributed by atoms with E-state index in [1.807, 2.05) is 0 Å². The predicted octanol–water partition coefficient (Wildman–Crippen LogP) is 8.16. The molecule has 53 heavy (non-hydrogen) atoms. The number of benzene rings is 1. The summed E-state index contributed by atoms with van der Waals surface area (Å²) in [7, 11) is -4.77. The third-order valence-corrected chi connectivity index (χ3v) is 12.2. The van der Waals surface area contributed by atoms with Crippen LogP contribution in [0.1, 0.15) is 114 Å². The Hall–Kier alpha value is -3.52. The van der Waals surface area contributed by atoms with Crippen LogP contribution in [0.4, 0.5) is 32.2 Å². The number of ether oxygens (including phenoxy) is 1. The summed E-state index contributed by atoms with van der Waals surface area (Å²) in [6.45, 7) is 2.72. The lowest BCUT2D eigenvalue weighted by Gasteiger charge is -2.31. The van der Waals surface area contributed by atoms with Crippen LogP contribution in [0.25, 0.3) is 0 Å². The van der Waals surface area contributed by atoms with Gasteiger partial charge in [0.15, 0.2) is 16.4 Å². The lowest BCUT2D eigenvalue weighted by molar-refractivity contribution is -0.153. The zero-order valence-corrected chi connectivity index (χ0v) is 30.9. The van der Waals surface area contributed by atoms with E-state index in [1.165, 1.54) is 56.3 Å². The fourth-order valence-corrected chi connectivity index (χ4v) is 8.47. The third kappa shape index (κ3) is 11.5. The van der Waals surface area contributed by atoms with Gasteiger partial charge in [-0.2, -0.15) is 36.7 Å². The van der Waals surface area contributed by atoms with Crippen molar-refractivity contribution in [1.29, 1.82) is 5.26 Å². The molecule has 0 spiro atoms. The van der Waals surface area contributed by atoms with Crippen LogP contribution in [0.5, 0.6) is 5.75 Å². The van der Waals surface area contributed by atoms with Crippen LogP contribution in [-0.2, 0) is 20.8 Å². The van der Waals surface area contributed by atoms with Crippen molar-refractivity contribution in [3.63, 3.8) is 0 Å².